The molecule has 0 saturated carbocycles. The number of rotatable bonds is 5. The molecule has 0 saturated heterocycles. The van der Waals surface area contributed by atoms with Crippen LogP contribution in [0.15, 0.2) is 12.1 Å². The Hall–Kier alpha value is -1.37. The second-order valence-electron chi connectivity index (χ2n) is 4.64. The zero-order valence-electron chi connectivity index (χ0n) is 12.5. The lowest BCUT2D eigenvalue weighted by Crippen LogP contribution is -2.16. The fourth-order valence-corrected chi connectivity index (χ4v) is 4.09. The number of ether oxygens (including phenoxy) is 1. The van der Waals surface area contributed by atoms with E-state index in [9.17, 15) is 9.59 Å². The summed E-state index contributed by atoms with van der Waals surface area (Å²) >= 11 is 8.61. The number of aryl methyl sites for hydroxylation is 1. The Morgan fingerprint density at radius 1 is 1.27 bits per heavy atom. The van der Waals surface area contributed by atoms with Gasteiger partial charge in [0.25, 0.3) is 0 Å². The molecular weight excluding hydrogens is 342 g/mol. The highest BCUT2D eigenvalue weighted by Gasteiger charge is 2.22. The van der Waals surface area contributed by atoms with E-state index in [2.05, 4.69) is 5.32 Å². The number of hydrogen-bond acceptors (Lipinski definition) is 5. The summed E-state index contributed by atoms with van der Waals surface area (Å²) < 4.78 is 5.72. The number of amides is 1. The maximum Gasteiger partial charge on any atom is 0.341 e. The third-order valence-electron chi connectivity index (χ3n) is 3.08. The Morgan fingerprint density at radius 3 is 2.59 bits per heavy atom. The molecule has 118 valence electrons. The Balaban J connectivity index is 2.16. The Bertz CT molecular complexity index is 706. The van der Waals surface area contributed by atoms with Crippen LogP contribution in [0, 0.1) is 13.8 Å². The smallest absolute Gasteiger partial charge is 0.341 e. The molecule has 0 aliphatic rings. The molecule has 2 aromatic rings. The molecule has 2 aromatic heterocycles. The van der Waals surface area contributed by atoms with Crippen molar-refractivity contribution in [1.82, 2.24) is 0 Å². The molecule has 2 rings (SSSR count). The first-order valence-corrected chi connectivity index (χ1v) is 8.74. The molecule has 2 heterocycles. The van der Waals surface area contributed by atoms with Crippen molar-refractivity contribution in [3.63, 3.8) is 0 Å². The van der Waals surface area contributed by atoms with Gasteiger partial charge in [0.1, 0.15) is 5.00 Å². The quantitative estimate of drug-likeness (QED) is 0.805. The van der Waals surface area contributed by atoms with E-state index < -0.39 is 5.97 Å². The number of nitrogens with one attached hydrogen (secondary N) is 1. The number of halogens is 1. The van der Waals surface area contributed by atoms with E-state index in [1.807, 2.05) is 19.9 Å². The van der Waals surface area contributed by atoms with Gasteiger partial charge in [-0.05, 0) is 38.5 Å². The summed E-state index contributed by atoms with van der Waals surface area (Å²) in [6.07, 6.45) is 0.232. The number of hydrogen-bond donors (Lipinski definition) is 1. The molecule has 0 aromatic carbocycles. The monoisotopic (exact) mass is 357 g/mol. The summed E-state index contributed by atoms with van der Waals surface area (Å²) in [5.74, 6) is -0.580. The summed E-state index contributed by atoms with van der Waals surface area (Å²) in [6.45, 7) is 5.82. The lowest BCUT2D eigenvalue weighted by atomic mass is 10.1. The summed E-state index contributed by atoms with van der Waals surface area (Å²) in [4.78, 5) is 26.1. The van der Waals surface area contributed by atoms with Crippen molar-refractivity contribution >= 4 is 51.2 Å². The molecular formula is C15H16ClNO3S2. The fourth-order valence-electron chi connectivity index (χ4n) is 1.94. The minimum atomic E-state index is -0.404. The molecule has 1 amide bonds. The van der Waals surface area contributed by atoms with Crippen molar-refractivity contribution in [3.8, 4) is 0 Å². The van der Waals surface area contributed by atoms with E-state index in [0.717, 1.165) is 15.3 Å². The molecule has 0 atom stereocenters. The van der Waals surface area contributed by atoms with Crippen LogP contribution < -0.4 is 5.32 Å². The van der Waals surface area contributed by atoms with Crippen molar-refractivity contribution in [3.05, 3.63) is 37.4 Å². The Kier molecular flexibility index (Phi) is 5.61. The van der Waals surface area contributed by atoms with Crippen LogP contribution in [0.3, 0.4) is 0 Å². The van der Waals surface area contributed by atoms with Crippen LogP contribution in [-0.2, 0) is 16.0 Å². The first-order valence-electron chi connectivity index (χ1n) is 6.73. The van der Waals surface area contributed by atoms with Crippen molar-refractivity contribution in [2.45, 2.75) is 27.2 Å². The molecule has 0 unspecified atom stereocenters. The van der Waals surface area contributed by atoms with Gasteiger partial charge in [0.15, 0.2) is 0 Å². The predicted octanol–water partition coefficient (Wildman–Crippen LogP) is 4.44. The first kappa shape index (κ1) is 17.0. The maximum absolute atomic E-state index is 12.2. The highest BCUT2D eigenvalue weighted by molar-refractivity contribution is 7.17. The van der Waals surface area contributed by atoms with Crippen LogP contribution in [0.4, 0.5) is 5.00 Å². The van der Waals surface area contributed by atoms with E-state index in [1.165, 1.54) is 22.7 Å². The standard InChI is InChI=1S/C15H16ClNO3S2/c1-4-20-15(19)13-8(2)9(3)21-14(13)17-12(18)7-10-5-6-11(16)22-10/h5-6H,4,7H2,1-3H3,(H,17,18). The minimum Gasteiger partial charge on any atom is -0.462 e. The average Bonchev–Trinajstić information content (AvgIpc) is 2.94. The largest absolute Gasteiger partial charge is 0.462 e. The zero-order chi connectivity index (χ0) is 16.3. The van der Waals surface area contributed by atoms with Crippen LogP contribution >= 0.6 is 34.3 Å². The van der Waals surface area contributed by atoms with Crippen molar-refractivity contribution in [2.24, 2.45) is 0 Å². The number of carbonyl (C=O) groups is 2. The molecule has 0 radical (unpaired) electrons. The van der Waals surface area contributed by atoms with Crippen molar-refractivity contribution in [1.29, 1.82) is 0 Å². The fraction of sp³-hybridized carbons (Fsp3) is 0.333. The summed E-state index contributed by atoms with van der Waals surface area (Å²) in [5.41, 5.74) is 1.29. The van der Waals surface area contributed by atoms with Crippen LogP contribution in [0.5, 0.6) is 0 Å². The highest BCUT2D eigenvalue weighted by Crippen LogP contribution is 2.33. The molecule has 22 heavy (non-hydrogen) atoms. The van der Waals surface area contributed by atoms with E-state index in [0.29, 0.717) is 21.5 Å². The number of anilines is 1. The topological polar surface area (TPSA) is 55.4 Å². The van der Waals surface area contributed by atoms with Gasteiger partial charge < -0.3 is 10.1 Å². The molecule has 0 aliphatic heterocycles. The third kappa shape index (κ3) is 3.88. The van der Waals surface area contributed by atoms with Crippen LogP contribution in [0.1, 0.15) is 32.6 Å². The van der Waals surface area contributed by atoms with Gasteiger partial charge in [-0.1, -0.05) is 11.6 Å². The molecule has 1 N–H and O–H groups in total. The van der Waals surface area contributed by atoms with Gasteiger partial charge in [-0.25, -0.2) is 4.79 Å². The number of carbonyl (C=O) groups excluding carboxylic acids is 2. The molecule has 7 heteroatoms. The summed E-state index contributed by atoms with van der Waals surface area (Å²) in [5, 5.41) is 3.35. The lowest BCUT2D eigenvalue weighted by molar-refractivity contribution is -0.115. The van der Waals surface area contributed by atoms with Gasteiger partial charge in [0, 0.05) is 9.75 Å². The molecule has 0 fully saturated rings. The maximum atomic E-state index is 12.2. The van der Waals surface area contributed by atoms with E-state index in [4.69, 9.17) is 16.3 Å². The SMILES string of the molecule is CCOC(=O)c1c(NC(=O)Cc2ccc(Cl)s2)sc(C)c1C. The third-order valence-corrected chi connectivity index (χ3v) is 5.44. The molecule has 0 bridgehead atoms. The highest BCUT2D eigenvalue weighted by atomic mass is 35.5. The van der Waals surface area contributed by atoms with E-state index in [1.54, 1.807) is 13.0 Å². The van der Waals surface area contributed by atoms with Crippen molar-refractivity contribution < 1.29 is 14.3 Å². The van der Waals surface area contributed by atoms with Crippen LogP contribution in [-0.4, -0.2) is 18.5 Å². The first-order chi connectivity index (χ1) is 10.4. The van der Waals surface area contributed by atoms with Gasteiger partial charge in [-0.2, -0.15) is 0 Å². The van der Waals surface area contributed by atoms with E-state index in [-0.39, 0.29) is 12.3 Å². The lowest BCUT2D eigenvalue weighted by Gasteiger charge is -2.06. The Labute approximate surface area is 142 Å². The Morgan fingerprint density at radius 2 is 2.00 bits per heavy atom. The van der Waals surface area contributed by atoms with Gasteiger partial charge in [0.05, 0.1) is 22.9 Å². The second-order valence-corrected chi connectivity index (χ2v) is 7.66. The van der Waals surface area contributed by atoms with Crippen LogP contribution in [0.2, 0.25) is 4.34 Å². The van der Waals surface area contributed by atoms with Gasteiger partial charge in [0.2, 0.25) is 5.91 Å². The molecule has 0 spiro atoms. The average molecular weight is 358 g/mol. The second kappa shape index (κ2) is 7.26. The van der Waals surface area contributed by atoms with Gasteiger partial charge in [-0.15, -0.1) is 22.7 Å². The van der Waals surface area contributed by atoms with Crippen molar-refractivity contribution in [2.75, 3.05) is 11.9 Å². The normalized spacial score (nSPS) is 10.5. The number of esters is 1. The van der Waals surface area contributed by atoms with Gasteiger partial charge >= 0.3 is 5.97 Å². The number of thiophene rings is 2. The summed E-state index contributed by atoms with van der Waals surface area (Å²) in [7, 11) is 0. The molecule has 0 aliphatic carbocycles. The molecule has 4 nitrogen and oxygen atoms in total. The predicted molar refractivity (Wildman–Crippen MR) is 91.4 cm³/mol. The van der Waals surface area contributed by atoms with E-state index >= 15 is 0 Å². The minimum absolute atomic E-state index is 0.176. The summed E-state index contributed by atoms with van der Waals surface area (Å²) in [6, 6.07) is 3.59. The van der Waals surface area contributed by atoms with Gasteiger partial charge in [-0.3, -0.25) is 4.79 Å². The zero-order valence-corrected chi connectivity index (χ0v) is 14.9. The van der Waals surface area contributed by atoms with Crippen LogP contribution in [0.25, 0.3) is 0 Å².